The van der Waals surface area contributed by atoms with Gasteiger partial charge in [0.05, 0.1) is 12.6 Å². The second-order valence-electron chi connectivity index (χ2n) is 7.54. The lowest BCUT2D eigenvalue weighted by molar-refractivity contribution is 0.102. The van der Waals surface area contributed by atoms with Gasteiger partial charge in [-0.15, -0.1) is 0 Å². The van der Waals surface area contributed by atoms with Crippen molar-refractivity contribution < 1.29 is 4.79 Å². The minimum Gasteiger partial charge on any atom is -0.287 e. The minimum absolute atomic E-state index is 0.0707. The van der Waals surface area contributed by atoms with Crippen molar-refractivity contribution in [2.24, 2.45) is 0 Å². The molecule has 156 valence electrons. The maximum atomic E-state index is 13.7. The summed E-state index contributed by atoms with van der Waals surface area (Å²) in [5, 5.41) is 8.80. The third-order valence-corrected chi connectivity index (χ3v) is 4.83. The van der Waals surface area contributed by atoms with Crippen molar-refractivity contribution in [3.63, 3.8) is 0 Å². The van der Waals surface area contributed by atoms with Gasteiger partial charge >= 0.3 is 5.69 Å². The van der Waals surface area contributed by atoms with Gasteiger partial charge in [-0.2, -0.15) is 5.26 Å². The number of ketones is 1. The fourth-order valence-electron chi connectivity index (χ4n) is 3.50. The third kappa shape index (κ3) is 4.75. The first-order valence-electron chi connectivity index (χ1n) is 9.80. The first-order valence-corrected chi connectivity index (χ1v) is 9.80. The normalized spacial score (nSPS) is 11.1. The van der Waals surface area contributed by atoms with Crippen molar-refractivity contribution >= 4 is 11.9 Å². The van der Waals surface area contributed by atoms with Crippen molar-refractivity contribution in [3.8, 4) is 6.07 Å². The van der Waals surface area contributed by atoms with Crippen LogP contribution in [-0.4, -0.2) is 20.3 Å². The fourth-order valence-corrected chi connectivity index (χ4v) is 3.50. The van der Waals surface area contributed by atoms with Gasteiger partial charge in [-0.05, 0) is 59.9 Å². The average Bonchev–Trinajstić information content (AvgIpc) is 2.73. The van der Waals surface area contributed by atoms with Crippen LogP contribution in [0.4, 0.5) is 0 Å². The molecule has 0 aliphatic carbocycles. The van der Waals surface area contributed by atoms with E-state index < -0.39 is 17.0 Å². The van der Waals surface area contributed by atoms with Crippen molar-refractivity contribution in [1.29, 1.82) is 5.26 Å². The Bertz CT molecular complexity index is 1310. The molecule has 0 fully saturated rings. The van der Waals surface area contributed by atoms with E-state index in [-0.39, 0.29) is 23.7 Å². The third-order valence-electron chi connectivity index (χ3n) is 4.83. The molecule has 3 aromatic rings. The predicted molar refractivity (Wildman–Crippen MR) is 118 cm³/mol. The highest BCUT2D eigenvalue weighted by molar-refractivity contribution is 6.09. The van der Waals surface area contributed by atoms with E-state index in [1.165, 1.54) is 10.6 Å². The molecule has 2 heterocycles. The molecule has 0 atom stereocenters. The molecule has 0 aliphatic heterocycles. The van der Waals surface area contributed by atoms with Gasteiger partial charge in [-0.25, -0.2) is 4.79 Å². The summed E-state index contributed by atoms with van der Waals surface area (Å²) >= 11 is 0. The number of carbonyl (C=O) groups excluding carboxylic acids is 1. The largest absolute Gasteiger partial charge is 0.329 e. The van der Waals surface area contributed by atoms with Gasteiger partial charge in [0.2, 0.25) is 5.78 Å². The van der Waals surface area contributed by atoms with Gasteiger partial charge in [0.15, 0.2) is 0 Å². The molecular weight excluding hydrogens is 392 g/mol. The van der Waals surface area contributed by atoms with Gasteiger partial charge < -0.3 is 0 Å². The van der Waals surface area contributed by atoms with E-state index in [0.29, 0.717) is 11.1 Å². The summed E-state index contributed by atoms with van der Waals surface area (Å²) in [4.78, 5) is 45.4. The number of hydrogen-bond donors (Lipinski definition) is 1. The molecule has 3 rings (SSSR count). The first kappa shape index (κ1) is 21.7. The Morgan fingerprint density at radius 3 is 2.58 bits per heavy atom. The van der Waals surface area contributed by atoms with Crippen LogP contribution >= 0.6 is 0 Å². The summed E-state index contributed by atoms with van der Waals surface area (Å²) in [7, 11) is 0. The number of carbonyl (C=O) groups is 1. The van der Waals surface area contributed by atoms with Crippen LogP contribution in [0.3, 0.4) is 0 Å². The Labute approximate surface area is 179 Å². The van der Waals surface area contributed by atoms with Crippen LogP contribution in [0.1, 0.15) is 58.1 Å². The number of benzene rings is 1. The van der Waals surface area contributed by atoms with E-state index in [2.05, 4.69) is 9.97 Å². The zero-order chi connectivity index (χ0) is 22.5. The fraction of sp³-hybridized carbons (Fsp3) is 0.208. The summed E-state index contributed by atoms with van der Waals surface area (Å²) in [5.74, 6) is -0.703. The van der Waals surface area contributed by atoms with E-state index in [1.807, 2.05) is 19.1 Å². The molecule has 7 heteroatoms. The smallest absolute Gasteiger partial charge is 0.287 e. The monoisotopic (exact) mass is 414 g/mol. The maximum absolute atomic E-state index is 13.7. The van der Waals surface area contributed by atoms with Crippen LogP contribution < -0.4 is 11.2 Å². The number of nitrogens with one attached hydrogen (secondary N) is 1. The predicted octanol–water partition coefficient (Wildman–Crippen LogP) is 3.18. The second kappa shape index (κ2) is 9.18. The zero-order valence-corrected chi connectivity index (χ0v) is 17.5. The molecule has 1 aromatic carbocycles. The molecule has 7 nitrogen and oxygen atoms in total. The number of aromatic amines is 1. The molecule has 2 aromatic heterocycles. The van der Waals surface area contributed by atoms with E-state index in [1.54, 1.807) is 56.6 Å². The lowest BCUT2D eigenvalue weighted by Gasteiger charge is -2.18. The van der Waals surface area contributed by atoms with Crippen molar-refractivity contribution in [3.05, 3.63) is 103 Å². The Balaban J connectivity index is 2.26. The Kier molecular flexibility index (Phi) is 6.41. The highest BCUT2D eigenvalue weighted by atomic mass is 16.2. The summed E-state index contributed by atoms with van der Waals surface area (Å²) in [5.41, 5.74) is 1.74. The second-order valence-corrected chi connectivity index (χ2v) is 7.54. The van der Waals surface area contributed by atoms with Crippen LogP contribution in [0.5, 0.6) is 0 Å². The molecule has 31 heavy (non-hydrogen) atoms. The van der Waals surface area contributed by atoms with Crippen molar-refractivity contribution in [2.45, 2.75) is 33.2 Å². The molecule has 0 bridgehead atoms. The quantitative estimate of drug-likeness (QED) is 0.492. The zero-order valence-electron chi connectivity index (χ0n) is 17.5. The number of aryl methyl sites for hydroxylation is 1. The minimum atomic E-state index is -0.646. The van der Waals surface area contributed by atoms with E-state index >= 15 is 0 Å². The molecule has 0 amide bonds. The standard InChI is InChI=1S/C24H22N4O3/c1-15(2)20-21(22(29)19-12-16(3)11-18(13-19)5-4-8-25)28(24(31)27-23(20)30)14-17-6-9-26-10-7-17/h4-7,9-13,15H,14H2,1-3H3,(H,27,30,31). The van der Waals surface area contributed by atoms with Crippen molar-refractivity contribution in [2.75, 3.05) is 0 Å². The molecule has 0 saturated heterocycles. The number of hydrogen-bond acceptors (Lipinski definition) is 5. The van der Waals surface area contributed by atoms with Gasteiger partial charge in [0, 0.05) is 29.6 Å². The number of H-pyrrole nitrogens is 1. The maximum Gasteiger partial charge on any atom is 0.329 e. The number of rotatable bonds is 6. The highest BCUT2D eigenvalue weighted by Gasteiger charge is 2.25. The lowest BCUT2D eigenvalue weighted by Crippen LogP contribution is -2.38. The van der Waals surface area contributed by atoms with Gasteiger partial charge in [-0.3, -0.25) is 24.1 Å². The van der Waals surface area contributed by atoms with Crippen LogP contribution in [0.25, 0.3) is 6.08 Å². The first-order chi connectivity index (χ1) is 14.8. The number of allylic oxidation sites excluding steroid dienone is 1. The number of nitrogens with zero attached hydrogens (tertiary/aromatic N) is 3. The molecule has 0 radical (unpaired) electrons. The van der Waals surface area contributed by atoms with E-state index in [0.717, 1.165) is 11.1 Å². The van der Waals surface area contributed by atoms with Crippen LogP contribution in [0.2, 0.25) is 0 Å². The Hall–Kier alpha value is -4.05. The average molecular weight is 414 g/mol. The molecule has 0 saturated carbocycles. The molecule has 0 spiro atoms. The molecule has 0 unspecified atom stereocenters. The number of pyridine rings is 1. The summed E-state index contributed by atoms with van der Waals surface area (Å²) in [6.45, 7) is 5.57. The summed E-state index contributed by atoms with van der Waals surface area (Å²) in [6.07, 6.45) is 6.14. The molecular formula is C24H22N4O3. The Morgan fingerprint density at radius 1 is 1.23 bits per heavy atom. The SMILES string of the molecule is Cc1cc(C=CC#N)cc(C(=O)c2c(C(C)C)c(=O)[nH]c(=O)n2Cc2ccncc2)c1. The molecule has 1 N–H and O–H groups in total. The topological polar surface area (TPSA) is 109 Å². The van der Waals surface area contributed by atoms with E-state index in [4.69, 9.17) is 5.26 Å². The van der Waals surface area contributed by atoms with Crippen molar-refractivity contribution in [1.82, 2.24) is 14.5 Å². The molecule has 0 aliphatic rings. The van der Waals surface area contributed by atoms with Gasteiger partial charge in [0.25, 0.3) is 5.56 Å². The van der Waals surface area contributed by atoms with Crippen LogP contribution in [-0.2, 0) is 6.54 Å². The summed E-state index contributed by atoms with van der Waals surface area (Å²) in [6, 6.07) is 10.6. The van der Waals surface area contributed by atoms with E-state index in [9.17, 15) is 14.4 Å². The van der Waals surface area contributed by atoms with Crippen LogP contribution in [0.15, 0.2) is 58.4 Å². The lowest BCUT2D eigenvalue weighted by atomic mass is 9.95. The van der Waals surface area contributed by atoms with Gasteiger partial charge in [0.1, 0.15) is 5.69 Å². The Morgan fingerprint density at radius 2 is 1.94 bits per heavy atom. The van der Waals surface area contributed by atoms with Crippen LogP contribution in [0, 0.1) is 18.3 Å². The van der Waals surface area contributed by atoms with Gasteiger partial charge in [-0.1, -0.05) is 19.9 Å². The number of aromatic nitrogens is 3. The highest BCUT2D eigenvalue weighted by Crippen LogP contribution is 2.21. The number of nitriles is 1. The summed E-state index contributed by atoms with van der Waals surface area (Å²) < 4.78 is 1.31.